The fraction of sp³-hybridized carbons (Fsp3) is 0.667. The standard InChI is InChI=1S/C15H23N5O/c1-5-11-10-19(8-9-21-11)13-7-6-12-16-17-14(15(2,3)4)20(12)18-13/h6-7,11H,5,8-10H2,1-4H3. The van der Waals surface area contributed by atoms with E-state index in [2.05, 4.69) is 42.8 Å². The maximum absolute atomic E-state index is 5.73. The van der Waals surface area contributed by atoms with Gasteiger partial charge in [0.1, 0.15) is 5.82 Å². The number of morpholine rings is 1. The highest BCUT2D eigenvalue weighted by atomic mass is 16.5. The van der Waals surface area contributed by atoms with E-state index in [1.165, 1.54) is 0 Å². The van der Waals surface area contributed by atoms with Gasteiger partial charge in [-0.1, -0.05) is 27.7 Å². The molecule has 1 aliphatic heterocycles. The summed E-state index contributed by atoms with van der Waals surface area (Å²) in [4.78, 5) is 2.28. The van der Waals surface area contributed by atoms with Crippen molar-refractivity contribution in [1.82, 2.24) is 19.8 Å². The van der Waals surface area contributed by atoms with Crippen molar-refractivity contribution in [1.29, 1.82) is 0 Å². The molecule has 0 saturated carbocycles. The minimum atomic E-state index is -0.0813. The van der Waals surface area contributed by atoms with Crippen LogP contribution < -0.4 is 4.90 Å². The third-order valence-electron chi connectivity index (χ3n) is 3.84. The molecule has 3 heterocycles. The third kappa shape index (κ3) is 2.72. The number of fused-ring (bicyclic) bond motifs is 1. The Morgan fingerprint density at radius 3 is 2.81 bits per heavy atom. The number of anilines is 1. The van der Waals surface area contributed by atoms with Crippen LogP contribution >= 0.6 is 0 Å². The molecule has 3 rings (SSSR count). The molecule has 0 N–H and O–H groups in total. The van der Waals surface area contributed by atoms with E-state index in [1.807, 2.05) is 16.6 Å². The van der Waals surface area contributed by atoms with Gasteiger partial charge in [0.05, 0.1) is 12.7 Å². The second-order valence-corrected chi connectivity index (χ2v) is 6.58. The molecule has 0 bridgehead atoms. The van der Waals surface area contributed by atoms with Crippen LogP contribution in [0.5, 0.6) is 0 Å². The van der Waals surface area contributed by atoms with E-state index in [0.717, 1.165) is 43.4 Å². The summed E-state index contributed by atoms with van der Waals surface area (Å²) in [6, 6.07) is 4.01. The minimum Gasteiger partial charge on any atom is -0.375 e. The first-order valence-corrected chi connectivity index (χ1v) is 7.58. The lowest BCUT2D eigenvalue weighted by molar-refractivity contribution is 0.0381. The van der Waals surface area contributed by atoms with E-state index < -0.39 is 0 Å². The summed E-state index contributed by atoms with van der Waals surface area (Å²) < 4.78 is 7.60. The average Bonchev–Trinajstić information content (AvgIpc) is 2.90. The highest BCUT2D eigenvalue weighted by Crippen LogP contribution is 2.22. The van der Waals surface area contributed by atoms with Crippen LogP contribution in [0.3, 0.4) is 0 Å². The van der Waals surface area contributed by atoms with Crippen molar-refractivity contribution in [3.63, 3.8) is 0 Å². The van der Waals surface area contributed by atoms with Crippen LogP contribution in [0, 0.1) is 0 Å². The van der Waals surface area contributed by atoms with E-state index in [1.54, 1.807) is 0 Å². The van der Waals surface area contributed by atoms with E-state index in [9.17, 15) is 0 Å². The van der Waals surface area contributed by atoms with Gasteiger partial charge in [-0.2, -0.15) is 4.52 Å². The Labute approximate surface area is 125 Å². The van der Waals surface area contributed by atoms with E-state index in [-0.39, 0.29) is 5.41 Å². The van der Waals surface area contributed by atoms with E-state index >= 15 is 0 Å². The van der Waals surface area contributed by atoms with Crippen molar-refractivity contribution in [3.8, 4) is 0 Å². The molecule has 21 heavy (non-hydrogen) atoms. The number of hydrogen-bond donors (Lipinski definition) is 0. The second kappa shape index (κ2) is 5.26. The van der Waals surface area contributed by atoms with Crippen molar-refractivity contribution in [2.24, 2.45) is 0 Å². The van der Waals surface area contributed by atoms with Crippen LogP contribution in [-0.4, -0.2) is 45.6 Å². The van der Waals surface area contributed by atoms with Gasteiger partial charge in [-0.3, -0.25) is 0 Å². The first kappa shape index (κ1) is 14.3. The monoisotopic (exact) mass is 289 g/mol. The quantitative estimate of drug-likeness (QED) is 0.847. The zero-order chi connectivity index (χ0) is 15.0. The molecule has 114 valence electrons. The fourth-order valence-electron chi connectivity index (χ4n) is 2.59. The van der Waals surface area contributed by atoms with Gasteiger partial charge in [-0.25, -0.2) is 0 Å². The van der Waals surface area contributed by atoms with E-state index in [4.69, 9.17) is 9.84 Å². The van der Waals surface area contributed by atoms with Crippen LogP contribution in [0.1, 0.15) is 39.9 Å². The number of hydrogen-bond acceptors (Lipinski definition) is 5. The van der Waals surface area contributed by atoms with Crippen molar-refractivity contribution in [3.05, 3.63) is 18.0 Å². The van der Waals surface area contributed by atoms with Gasteiger partial charge in [0.25, 0.3) is 0 Å². The normalized spacial score (nSPS) is 20.2. The van der Waals surface area contributed by atoms with Gasteiger partial charge in [0.15, 0.2) is 11.5 Å². The van der Waals surface area contributed by atoms with Crippen LogP contribution in [0.15, 0.2) is 12.1 Å². The van der Waals surface area contributed by atoms with Crippen LogP contribution in [0.25, 0.3) is 5.65 Å². The molecular formula is C15H23N5O. The molecule has 0 aliphatic carbocycles. The zero-order valence-electron chi connectivity index (χ0n) is 13.2. The SMILES string of the molecule is CCC1CN(c2ccc3nnc(C(C)(C)C)n3n2)CCO1. The number of aromatic nitrogens is 4. The molecule has 6 nitrogen and oxygen atoms in total. The summed E-state index contributed by atoms with van der Waals surface area (Å²) in [6.45, 7) is 11.1. The van der Waals surface area contributed by atoms with Gasteiger partial charge in [-0.15, -0.1) is 15.3 Å². The lowest BCUT2D eigenvalue weighted by atomic mass is 9.96. The van der Waals surface area contributed by atoms with Gasteiger partial charge in [0.2, 0.25) is 0 Å². The summed E-state index contributed by atoms with van der Waals surface area (Å²) in [6.07, 6.45) is 1.32. The largest absolute Gasteiger partial charge is 0.375 e. The van der Waals surface area contributed by atoms with Crippen molar-refractivity contribution >= 4 is 11.5 Å². The Bertz CT molecular complexity index is 631. The molecule has 0 amide bonds. The highest BCUT2D eigenvalue weighted by molar-refractivity contribution is 5.46. The second-order valence-electron chi connectivity index (χ2n) is 6.58. The topological polar surface area (TPSA) is 55.6 Å². The Balaban J connectivity index is 1.96. The maximum atomic E-state index is 5.73. The molecule has 0 aromatic carbocycles. The van der Waals surface area contributed by atoms with Gasteiger partial charge >= 0.3 is 0 Å². The Kier molecular flexibility index (Phi) is 3.57. The summed E-state index contributed by atoms with van der Waals surface area (Å²) in [5, 5.41) is 13.3. The first-order valence-electron chi connectivity index (χ1n) is 7.58. The molecule has 1 atom stereocenters. The molecular weight excluding hydrogens is 266 g/mol. The molecule has 1 aliphatic rings. The molecule has 1 saturated heterocycles. The zero-order valence-corrected chi connectivity index (χ0v) is 13.2. The van der Waals surface area contributed by atoms with Crippen LogP contribution in [0.4, 0.5) is 5.82 Å². The van der Waals surface area contributed by atoms with Gasteiger partial charge < -0.3 is 9.64 Å². The fourth-order valence-corrected chi connectivity index (χ4v) is 2.59. The number of nitrogens with zero attached hydrogens (tertiary/aromatic N) is 5. The Morgan fingerprint density at radius 2 is 2.10 bits per heavy atom. The summed E-state index contributed by atoms with van der Waals surface area (Å²) in [5.41, 5.74) is 0.714. The van der Waals surface area contributed by atoms with Crippen molar-refractivity contribution < 1.29 is 4.74 Å². The van der Waals surface area contributed by atoms with Gasteiger partial charge in [0, 0.05) is 18.5 Å². The van der Waals surface area contributed by atoms with E-state index in [0.29, 0.717) is 6.10 Å². The molecule has 6 heteroatoms. The number of rotatable bonds is 2. The molecule has 0 spiro atoms. The summed E-state index contributed by atoms with van der Waals surface area (Å²) in [5.74, 6) is 1.86. The average molecular weight is 289 g/mol. The predicted octanol–water partition coefficient (Wildman–Crippen LogP) is 2.04. The lowest BCUT2D eigenvalue weighted by Gasteiger charge is -2.33. The highest BCUT2D eigenvalue weighted by Gasteiger charge is 2.24. The Morgan fingerprint density at radius 1 is 1.29 bits per heavy atom. The predicted molar refractivity (Wildman–Crippen MR) is 81.7 cm³/mol. The summed E-state index contributed by atoms with van der Waals surface area (Å²) >= 11 is 0. The molecule has 2 aromatic rings. The first-order chi connectivity index (χ1) is 9.99. The van der Waals surface area contributed by atoms with Crippen LogP contribution in [0.2, 0.25) is 0 Å². The number of ether oxygens (including phenoxy) is 1. The van der Waals surface area contributed by atoms with Crippen LogP contribution in [-0.2, 0) is 10.2 Å². The maximum Gasteiger partial charge on any atom is 0.178 e. The molecule has 1 fully saturated rings. The molecule has 0 radical (unpaired) electrons. The Hall–Kier alpha value is -1.69. The molecule has 2 aromatic heterocycles. The third-order valence-corrected chi connectivity index (χ3v) is 3.84. The van der Waals surface area contributed by atoms with Crippen molar-refractivity contribution in [2.45, 2.75) is 45.6 Å². The minimum absolute atomic E-state index is 0.0813. The van der Waals surface area contributed by atoms with Gasteiger partial charge in [-0.05, 0) is 18.6 Å². The smallest absolute Gasteiger partial charge is 0.178 e. The molecule has 1 unspecified atom stereocenters. The van der Waals surface area contributed by atoms with Crippen molar-refractivity contribution in [2.75, 3.05) is 24.6 Å². The summed E-state index contributed by atoms with van der Waals surface area (Å²) in [7, 11) is 0. The lowest BCUT2D eigenvalue weighted by Crippen LogP contribution is -2.42.